The van der Waals surface area contributed by atoms with Crippen molar-refractivity contribution in [1.82, 2.24) is 0 Å². The summed E-state index contributed by atoms with van der Waals surface area (Å²) in [7, 11) is 0. The average molecular weight is 267 g/mol. The van der Waals surface area contributed by atoms with Crippen LogP contribution >= 0.6 is 0 Å². The molecule has 1 aliphatic heterocycles. The molecule has 0 aromatic heterocycles. The Labute approximate surface area is 114 Å². The molecular weight excluding hydrogens is 245 g/mol. The Kier molecular flexibility index (Phi) is 4.77. The van der Waals surface area contributed by atoms with Crippen LogP contribution < -0.4 is 4.90 Å². The smallest absolute Gasteiger partial charge is 0.146 e. The summed E-state index contributed by atoms with van der Waals surface area (Å²) >= 11 is 0. The van der Waals surface area contributed by atoms with Gasteiger partial charge in [0.05, 0.1) is 17.9 Å². The number of aliphatic hydroxyl groups excluding tert-OH is 1. The molecule has 1 saturated heterocycles. The molecule has 0 aliphatic carbocycles. The summed E-state index contributed by atoms with van der Waals surface area (Å²) in [5.74, 6) is -0.268. The van der Waals surface area contributed by atoms with Gasteiger partial charge in [0.1, 0.15) is 5.82 Å². The second kappa shape index (κ2) is 6.35. The van der Waals surface area contributed by atoms with Gasteiger partial charge in [-0.15, -0.1) is 0 Å². The maximum Gasteiger partial charge on any atom is 0.146 e. The van der Waals surface area contributed by atoms with Crippen molar-refractivity contribution in [1.29, 1.82) is 0 Å². The Morgan fingerprint density at radius 3 is 3.00 bits per heavy atom. The van der Waals surface area contributed by atoms with Gasteiger partial charge in [-0.3, -0.25) is 0 Å². The maximum absolute atomic E-state index is 14.1. The molecule has 0 radical (unpaired) electrons. The standard InChI is InChI=1S/C15H22FNO2/c1-3-19-12-6-5-9-17(10-12)15-13(11(2)18)7-4-8-14(15)16/h4,7-8,11-12,18H,3,5-6,9-10H2,1-2H3/t11-,12?/m0/s1. The highest BCUT2D eigenvalue weighted by molar-refractivity contribution is 5.56. The molecule has 0 saturated carbocycles. The second-order valence-corrected chi connectivity index (χ2v) is 5.02. The molecule has 2 rings (SSSR count). The number of hydrogen-bond donors (Lipinski definition) is 1. The van der Waals surface area contributed by atoms with E-state index in [2.05, 4.69) is 0 Å². The van der Waals surface area contributed by atoms with E-state index in [1.54, 1.807) is 19.1 Å². The number of piperidine rings is 1. The molecule has 1 N–H and O–H groups in total. The molecule has 0 bridgehead atoms. The lowest BCUT2D eigenvalue weighted by Gasteiger charge is -2.35. The average Bonchev–Trinajstić information content (AvgIpc) is 2.39. The number of para-hydroxylation sites is 1. The lowest BCUT2D eigenvalue weighted by molar-refractivity contribution is 0.0524. The van der Waals surface area contributed by atoms with E-state index in [1.165, 1.54) is 6.07 Å². The van der Waals surface area contributed by atoms with Gasteiger partial charge in [0.25, 0.3) is 0 Å². The van der Waals surface area contributed by atoms with Gasteiger partial charge in [0.15, 0.2) is 0 Å². The first kappa shape index (κ1) is 14.3. The molecule has 1 unspecified atom stereocenters. The molecule has 0 amide bonds. The lowest BCUT2D eigenvalue weighted by Crippen LogP contribution is -2.40. The van der Waals surface area contributed by atoms with E-state index in [4.69, 9.17) is 4.74 Å². The summed E-state index contributed by atoms with van der Waals surface area (Å²) in [6.45, 7) is 5.82. The highest BCUT2D eigenvalue weighted by atomic mass is 19.1. The minimum atomic E-state index is -0.668. The van der Waals surface area contributed by atoms with Gasteiger partial charge in [-0.05, 0) is 32.8 Å². The SMILES string of the molecule is CCOC1CCCN(c2c(F)cccc2[C@H](C)O)C1. The highest BCUT2D eigenvalue weighted by Gasteiger charge is 2.25. The Bertz CT molecular complexity index is 421. The second-order valence-electron chi connectivity index (χ2n) is 5.02. The van der Waals surface area contributed by atoms with Crippen molar-refractivity contribution in [2.24, 2.45) is 0 Å². The third kappa shape index (κ3) is 3.25. The van der Waals surface area contributed by atoms with Crippen LogP contribution in [0.15, 0.2) is 18.2 Å². The number of benzene rings is 1. The van der Waals surface area contributed by atoms with Crippen LogP contribution in [0.5, 0.6) is 0 Å². The number of anilines is 1. The predicted molar refractivity (Wildman–Crippen MR) is 73.9 cm³/mol. The molecule has 19 heavy (non-hydrogen) atoms. The number of hydrogen-bond acceptors (Lipinski definition) is 3. The summed E-state index contributed by atoms with van der Waals surface area (Å²) in [5.41, 5.74) is 1.18. The topological polar surface area (TPSA) is 32.7 Å². The summed E-state index contributed by atoms with van der Waals surface area (Å²) in [6, 6.07) is 4.88. The third-order valence-electron chi connectivity index (χ3n) is 3.56. The number of nitrogens with zero attached hydrogens (tertiary/aromatic N) is 1. The van der Waals surface area contributed by atoms with Gasteiger partial charge < -0.3 is 14.7 Å². The monoisotopic (exact) mass is 267 g/mol. The van der Waals surface area contributed by atoms with Crippen LogP contribution in [0, 0.1) is 5.82 Å². The molecule has 1 fully saturated rings. The van der Waals surface area contributed by atoms with Crippen LogP contribution in [0.2, 0.25) is 0 Å². The molecule has 1 aliphatic rings. The van der Waals surface area contributed by atoms with Crippen molar-refractivity contribution < 1.29 is 14.2 Å². The van der Waals surface area contributed by atoms with Crippen LogP contribution in [0.4, 0.5) is 10.1 Å². The lowest BCUT2D eigenvalue weighted by atomic mass is 10.0. The fraction of sp³-hybridized carbons (Fsp3) is 0.600. The van der Waals surface area contributed by atoms with Crippen LogP contribution in [-0.2, 0) is 4.74 Å². The number of rotatable bonds is 4. The summed E-state index contributed by atoms with van der Waals surface area (Å²) in [6.07, 6.45) is 1.49. The van der Waals surface area contributed by atoms with Gasteiger partial charge in [-0.1, -0.05) is 12.1 Å². The number of aliphatic hydroxyl groups is 1. The van der Waals surface area contributed by atoms with Gasteiger partial charge >= 0.3 is 0 Å². The summed E-state index contributed by atoms with van der Waals surface area (Å²) < 4.78 is 19.8. The van der Waals surface area contributed by atoms with Gasteiger partial charge in [0, 0.05) is 25.3 Å². The van der Waals surface area contributed by atoms with Crippen LogP contribution in [0.3, 0.4) is 0 Å². The molecular formula is C15H22FNO2. The minimum Gasteiger partial charge on any atom is -0.389 e. The first-order chi connectivity index (χ1) is 9.13. The van der Waals surface area contributed by atoms with E-state index in [-0.39, 0.29) is 11.9 Å². The quantitative estimate of drug-likeness (QED) is 0.910. The molecule has 1 heterocycles. The normalized spacial score (nSPS) is 21.5. The van der Waals surface area contributed by atoms with Crippen molar-refractivity contribution >= 4 is 5.69 Å². The van der Waals surface area contributed by atoms with E-state index in [1.807, 2.05) is 11.8 Å². The molecule has 1 aromatic carbocycles. The molecule has 0 spiro atoms. The van der Waals surface area contributed by atoms with E-state index in [9.17, 15) is 9.50 Å². The molecule has 3 nitrogen and oxygen atoms in total. The fourth-order valence-electron chi connectivity index (χ4n) is 2.72. The minimum absolute atomic E-state index is 0.153. The Hall–Kier alpha value is -1.13. The highest BCUT2D eigenvalue weighted by Crippen LogP contribution is 2.31. The van der Waals surface area contributed by atoms with Crippen LogP contribution in [-0.4, -0.2) is 30.9 Å². The first-order valence-electron chi connectivity index (χ1n) is 6.96. The number of halogens is 1. The van der Waals surface area contributed by atoms with Crippen LogP contribution in [0.1, 0.15) is 38.4 Å². The Morgan fingerprint density at radius 2 is 2.32 bits per heavy atom. The third-order valence-corrected chi connectivity index (χ3v) is 3.56. The predicted octanol–water partition coefficient (Wildman–Crippen LogP) is 2.88. The first-order valence-corrected chi connectivity index (χ1v) is 6.96. The maximum atomic E-state index is 14.1. The Balaban J connectivity index is 2.25. The van der Waals surface area contributed by atoms with Crippen molar-refractivity contribution in [3.8, 4) is 0 Å². The Morgan fingerprint density at radius 1 is 1.53 bits per heavy atom. The van der Waals surface area contributed by atoms with E-state index in [0.717, 1.165) is 19.4 Å². The van der Waals surface area contributed by atoms with E-state index >= 15 is 0 Å². The molecule has 2 atom stereocenters. The van der Waals surface area contributed by atoms with E-state index < -0.39 is 6.10 Å². The molecule has 4 heteroatoms. The van der Waals surface area contributed by atoms with Gasteiger partial charge in [-0.25, -0.2) is 4.39 Å². The molecule has 1 aromatic rings. The number of ether oxygens (including phenoxy) is 1. The van der Waals surface area contributed by atoms with Gasteiger partial charge in [0.2, 0.25) is 0 Å². The van der Waals surface area contributed by atoms with Crippen molar-refractivity contribution in [3.05, 3.63) is 29.6 Å². The van der Waals surface area contributed by atoms with Crippen molar-refractivity contribution in [2.75, 3.05) is 24.6 Å². The van der Waals surface area contributed by atoms with Crippen LogP contribution in [0.25, 0.3) is 0 Å². The zero-order valence-electron chi connectivity index (χ0n) is 11.6. The zero-order valence-corrected chi connectivity index (χ0v) is 11.6. The summed E-state index contributed by atoms with van der Waals surface area (Å²) in [5, 5.41) is 9.80. The van der Waals surface area contributed by atoms with Gasteiger partial charge in [-0.2, -0.15) is 0 Å². The molecule has 106 valence electrons. The van der Waals surface area contributed by atoms with Crippen molar-refractivity contribution in [3.63, 3.8) is 0 Å². The summed E-state index contributed by atoms with van der Waals surface area (Å²) in [4.78, 5) is 2.00. The van der Waals surface area contributed by atoms with E-state index in [0.29, 0.717) is 24.4 Å². The largest absolute Gasteiger partial charge is 0.389 e. The zero-order chi connectivity index (χ0) is 13.8. The fourth-order valence-corrected chi connectivity index (χ4v) is 2.72. The van der Waals surface area contributed by atoms with Crippen molar-refractivity contribution in [2.45, 2.75) is 38.9 Å².